The summed E-state index contributed by atoms with van der Waals surface area (Å²) in [5, 5.41) is 12.2. The number of methoxy groups -OCH3 is 1. The molecule has 0 spiro atoms. The molecule has 0 aliphatic heterocycles. The number of halogens is 1. The Labute approximate surface area is 120 Å². The van der Waals surface area contributed by atoms with Gasteiger partial charge in [-0.15, -0.1) is 0 Å². The van der Waals surface area contributed by atoms with Crippen LogP contribution in [0.3, 0.4) is 0 Å². The van der Waals surface area contributed by atoms with Gasteiger partial charge in [-0.05, 0) is 36.4 Å². The molecule has 0 radical (unpaired) electrons. The molecule has 6 heteroatoms. The van der Waals surface area contributed by atoms with Crippen molar-refractivity contribution in [3.63, 3.8) is 0 Å². The standard InChI is InChI=1S/C15H14FNO4/c1-20-14-7-4-11(8-13(14)18)17-15(19)9-21-12-5-2-10(16)3-6-12/h2-8,18H,9H2,1H3,(H,17,19). The molecule has 1 amide bonds. The monoisotopic (exact) mass is 291 g/mol. The fourth-order valence-corrected chi connectivity index (χ4v) is 1.64. The van der Waals surface area contributed by atoms with Gasteiger partial charge in [-0.2, -0.15) is 0 Å². The maximum atomic E-state index is 12.7. The van der Waals surface area contributed by atoms with Crippen LogP contribution in [0.5, 0.6) is 17.2 Å². The van der Waals surface area contributed by atoms with Crippen LogP contribution < -0.4 is 14.8 Å². The molecule has 2 rings (SSSR count). The molecule has 0 saturated carbocycles. The highest BCUT2D eigenvalue weighted by Crippen LogP contribution is 2.28. The van der Waals surface area contributed by atoms with Gasteiger partial charge >= 0.3 is 0 Å². The number of nitrogens with one attached hydrogen (secondary N) is 1. The van der Waals surface area contributed by atoms with Gasteiger partial charge in [-0.1, -0.05) is 0 Å². The zero-order valence-corrected chi connectivity index (χ0v) is 11.3. The van der Waals surface area contributed by atoms with Crippen molar-refractivity contribution in [2.24, 2.45) is 0 Å². The number of aromatic hydroxyl groups is 1. The van der Waals surface area contributed by atoms with Gasteiger partial charge in [0.15, 0.2) is 18.1 Å². The van der Waals surface area contributed by atoms with Crippen molar-refractivity contribution in [3.8, 4) is 17.2 Å². The average molecular weight is 291 g/mol. The second kappa shape index (κ2) is 6.60. The number of hydrogen-bond donors (Lipinski definition) is 2. The number of rotatable bonds is 5. The predicted octanol–water partition coefficient (Wildman–Crippen LogP) is 2.56. The molecular formula is C15H14FNO4. The van der Waals surface area contributed by atoms with E-state index in [1.165, 1.54) is 43.5 Å². The first-order chi connectivity index (χ1) is 10.1. The summed E-state index contributed by atoms with van der Waals surface area (Å²) >= 11 is 0. The Hall–Kier alpha value is -2.76. The average Bonchev–Trinajstić information content (AvgIpc) is 2.47. The van der Waals surface area contributed by atoms with Gasteiger partial charge in [0.05, 0.1) is 7.11 Å². The Morgan fingerprint density at radius 2 is 1.95 bits per heavy atom. The summed E-state index contributed by atoms with van der Waals surface area (Å²) in [7, 11) is 1.43. The van der Waals surface area contributed by atoms with Crippen molar-refractivity contribution >= 4 is 11.6 Å². The first-order valence-corrected chi connectivity index (χ1v) is 6.13. The smallest absolute Gasteiger partial charge is 0.262 e. The van der Waals surface area contributed by atoms with E-state index in [4.69, 9.17) is 9.47 Å². The molecule has 0 heterocycles. The zero-order chi connectivity index (χ0) is 15.2. The van der Waals surface area contributed by atoms with Crippen LogP contribution in [0.2, 0.25) is 0 Å². The predicted molar refractivity (Wildman–Crippen MR) is 75.2 cm³/mol. The molecule has 0 aliphatic carbocycles. The minimum atomic E-state index is -0.399. The number of hydrogen-bond acceptors (Lipinski definition) is 4. The molecule has 0 saturated heterocycles. The lowest BCUT2D eigenvalue weighted by Gasteiger charge is -2.09. The molecule has 2 N–H and O–H groups in total. The molecule has 2 aromatic rings. The summed E-state index contributed by atoms with van der Waals surface area (Å²) in [4.78, 5) is 11.7. The summed E-state index contributed by atoms with van der Waals surface area (Å²) in [6.45, 7) is -0.224. The Morgan fingerprint density at radius 1 is 1.24 bits per heavy atom. The van der Waals surface area contributed by atoms with E-state index < -0.39 is 5.91 Å². The van der Waals surface area contributed by atoms with Crippen LogP contribution in [0.4, 0.5) is 10.1 Å². The number of amides is 1. The maximum Gasteiger partial charge on any atom is 0.262 e. The number of phenolic OH excluding ortho intramolecular Hbond substituents is 1. The zero-order valence-electron chi connectivity index (χ0n) is 11.3. The van der Waals surface area contributed by atoms with Gasteiger partial charge in [0, 0.05) is 11.8 Å². The van der Waals surface area contributed by atoms with E-state index in [1.807, 2.05) is 0 Å². The lowest BCUT2D eigenvalue weighted by molar-refractivity contribution is -0.118. The van der Waals surface area contributed by atoms with Crippen LogP contribution in [-0.2, 0) is 4.79 Å². The van der Waals surface area contributed by atoms with E-state index in [0.717, 1.165) is 0 Å². The fourth-order valence-electron chi connectivity index (χ4n) is 1.64. The first kappa shape index (κ1) is 14.6. The summed E-state index contributed by atoms with van der Waals surface area (Å²) in [5.74, 6) is -0.140. The molecule has 0 unspecified atom stereocenters. The molecule has 0 bridgehead atoms. The highest BCUT2D eigenvalue weighted by Gasteiger charge is 2.07. The Kier molecular flexibility index (Phi) is 4.61. The van der Waals surface area contributed by atoms with Gasteiger partial charge in [0.25, 0.3) is 5.91 Å². The van der Waals surface area contributed by atoms with E-state index in [0.29, 0.717) is 17.2 Å². The Balaban J connectivity index is 1.89. The fraction of sp³-hybridized carbons (Fsp3) is 0.133. The number of carbonyl (C=O) groups is 1. The molecule has 0 aromatic heterocycles. The van der Waals surface area contributed by atoms with Crippen LogP contribution in [0.25, 0.3) is 0 Å². The largest absolute Gasteiger partial charge is 0.504 e. The summed E-state index contributed by atoms with van der Waals surface area (Å²) < 4.78 is 22.8. The molecule has 2 aromatic carbocycles. The second-order valence-corrected chi connectivity index (χ2v) is 4.18. The number of phenols is 1. The molecule has 21 heavy (non-hydrogen) atoms. The van der Waals surface area contributed by atoms with Crippen LogP contribution in [0, 0.1) is 5.82 Å². The van der Waals surface area contributed by atoms with E-state index in [9.17, 15) is 14.3 Å². The normalized spacial score (nSPS) is 10.0. The molecule has 0 atom stereocenters. The lowest BCUT2D eigenvalue weighted by Crippen LogP contribution is -2.20. The van der Waals surface area contributed by atoms with E-state index in [2.05, 4.69) is 5.32 Å². The van der Waals surface area contributed by atoms with E-state index >= 15 is 0 Å². The van der Waals surface area contributed by atoms with Gasteiger partial charge in [0.2, 0.25) is 0 Å². The molecule has 110 valence electrons. The number of ether oxygens (including phenoxy) is 2. The first-order valence-electron chi connectivity index (χ1n) is 6.13. The van der Waals surface area contributed by atoms with Crippen LogP contribution >= 0.6 is 0 Å². The van der Waals surface area contributed by atoms with Crippen molar-refractivity contribution < 1.29 is 23.8 Å². The third-order valence-corrected chi connectivity index (χ3v) is 2.65. The Morgan fingerprint density at radius 3 is 2.57 bits per heavy atom. The van der Waals surface area contributed by atoms with Gasteiger partial charge in [-0.3, -0.25) is 4.79 Å². The van der Waals surface area contributed by atoms with Crippen molar-refractivity contribution in [2.45, 2.75) is 0 Å². The van der Waals surface area contributed by atoms with Gasteiger partial charge < -0.3 is 19.9 Å². The SMILES string of the molecule is COc1ccc(NC(=O)COc2ccc(F)cc2)cc1O. The number of benzene rings is 2. The minimum absolute atomic E-state index is 0.0743. The Bertz CT molecular complexity index is 628. The minimum Gasteiger partial charge on any atom is -0.504 e. The van der Waals surface area contributed by atoms with Crippen molar-refractivity contribution in [2.75, 3.05) is 19.0 Å². The van der Waals surface area contributed by atoms with Crippen molar-refractivity contribution in [1.29, 1.82) is 0 Å². The van der Waals surface area contributed by atoms with E-state index in [1.54, 1.807) is 6.07 Å². The van der Waals surface area contributed by atoms with Crippen LogP contribution in [0.1, 0.15) is 0 Å². The lowest BCUT2D eigenvalue weighted by atomic mass is 10.2. The maximum absolute atomic E-state index is 12.7. The van der Waals surface area contributed by atoms with E-state index in [-0.39, 0.29) is 18.2 Å². The second-order valence-electron chi connectivity index (χ2n) is 4.18. The third kappa shape index (κ3) is 4.10. The van der Waals surface area contributed by atoms with Crippen LogP contribution in [0.15, 0.2) is 42.5 Å². The summed E-state index contributed by atoms with van der Waals surface area (Å²) in [5.41, 5.74) is 0.418. The van der Waals surface area contributed by atoms with Gasteiger partial charge in [0.1, 0.15) is 11.6 Å². The van der Waals surface area contributed by atoms with Crippen molar-refractivity contribution in [1.82, 2.24) is 0 Å². The topological polar surface area (TPSA) is 67.8 Å². The molecular weight excluding hydrogens is 277 g/mol. The highest BCUT2D eigenvalue weighted by atomic mass is 19.1. The summed E-state index contributed by atoms with van der Waals surface area (Å²) in [6.07, 6.45) is 0. The summed E-state index contributed by atoms with van der Waals surface area (Å²) in [6, 6.07) is 9.85. The molecule has 0 fully saturated rings. The molecule has 0 aliphatic rings. The number of carbonyl (C=O) groups excluding carboxylic acids is 1. The highest BCUT2D eigenvalue weighted by molar-refractivity contribution is 5.92. The third-order valence-electron chi connectivity index (χ3n) is 2.65. The van der Waals surface area contributed by atoms with Crippen molar-refractivity contribution in [3.05, 3.63) is 48.3 Å². The number of anilines is 1. The molecule has 5 nitrogen and oxygen atoms in total. The van der Waals surface area contributed by atoms with Crippen LogP contribution in [-0.4, -0.2) is 24.7 Å². The van der Waals surface area contributed by atoms with Gasteiger partial charge in [-0.25, -0.2) is 4.39 Å². The quantitative estimate of drug-likeness (QED) is 0.888.